The van der Waals surface area contributed by atoms with Gasteiger partial charge in [0.1, 0.15) is 0 Å². The molecule has 3 heteroatoms. The van der Waals surface area contributed by atoms with Crippen LogP contribution >= 0.6 is 0 Å². The molecule has 0 saturated heterocycles. The Morgan fingerprint density at radius 1 is 0.781 bits per heavy atom. The Labute approximate surface area is 193 Å². The van der Waals surface area contributed by atoms with Gasteiger partial charge in [-0.2, -0.15) is 8.78 Å². The number of rotatable bonds is 12. The zero-order chi connectivity index (χ0) is 22.8. The van der Waals surface area contributed by atoms with Gasteiger partial charge in [0.25, 0.3) is 0 Å². The van der Waals surface area contributed by atoms with Crippen LogP contribution in [0.4, 0.5) is 8.78 Å². The number of aryl methyl sites for hydroxylation is 1. The zero-order valence-corrected chi connectivity index (χ0v) is 19.9. The van der Waals surface area contributed by atoms with Crippen molar-refractivity contribution in [2.75, 3.05) is 0 Å². The molecule has 0 bridgehead atoms. The molecule has 1 aliphatic carbocycles. The molecule has 0 unspecified atom stereocenters. The standard InChI is InChI=1S/C29H40F2O/c1-3-5-6-8-24-9-11-25(12-10-24)21-29(30,31)32-22-26-15-19-28(20-16-26)27-17-13-23(7-4-2)14-18-27/h9-12,15-16,19-20,23,27H,3-8,13-14,17-18,21-22H2,1-2H3. The van der Waals surface area contributed by atoms with Crippen LogP contribution in [0.2, 0.25) is 0 Å². The van der Waals surface area contributed by atoms with Gasteiger partial charge in [0.2, 0.25) is 0 Å². The highest BCUT2D eigenvalue weighted by Crippen LogP contribution is 2.37. The highest BCUT2D eigenvalue weighted by Gasteiger charge is 2.30. The molecule has 0 heterocycles. The Morgan fingerprint density at radius 2 is 1.41 bits per heavy atom. The van der Waals surface area contributed by atoms with Crippen LogP contribution < -0.4 is 0 Å². The minimum Gasteiger partial charge on any atom is -0.315 e. The smallest absolute Gasteiger partial charge is 0.315 e. The number of unbranched alkanes of at least 4 members (excludes halogenated alkanes) is 2. The van der Waals surface area contributed by atoms with Crippen molar-refractivity contribution in [2.24, 2.45) is 5.92 Å². The van der Waals surface area contributed by atoms with Gasteiger partial charge in [-0.25, -0.2) is 0 Å². The molecule has 0 aliphatic heterocycles. The fourth-order valence-corrected chi connectivity index (χ4v) is 4.96. The molecule has 0 spiro atoms. The van der Waals surface area contributed by atoms with Crippen LogP contribution in [0.25, 0.3) is 0 Å². The quantitative estimate of drug-likeness (QED) is 0.298. The van der Waals surface area contributed by atoms with Gasteiger partial charge in [-0.1, -0.05) is 88.1 Å². The molecule has 0 N–H and O–H groups in total. The predicted octanol–water partition coefficient (Wildman–Crippen LogP) is 8.85. The Kier molecular flexibility index (Phi) is 9.71. The zero-order valence-electron chi connectivity index (χ0n) is 19.9. The third-order valence-electron chi connectivity index (χ3n) is 6.95. The summed E-state index contributed by atoms with van der Waals surface area (Å²) in [5.41, 5.74) is 3.97. The van der Waals surface area contributed by atoms with Gasteiger partial charge >= 0.3 is 6.11 Å². The predicted molar refractivity (Wildman–Crippen MR) is 129 cm³/mol. The second kappa shape index (κ2) is 12.5. The van der Waals surface area contributed by atoms with Gasteiger partial charge in [0.05, 0.1) is 13.0 Å². The van der Waals surface area contributed by atoms with E-state index < -0.39 is 6.11 Å². The van der Waals surface area contributed by atoms with Gasteiger partial charge in [0.15, 0.2) is 0 Å². The average molecular weight is 443 g/mol. The van der Waals surface area contributed by atoms with E-state index in [4.69, 9.17) is 4.74 Å². The maximum atomic E-state index is 14.4. The second-order valence-corrected chi connectivity index (χ2v) is 9.62. The molecular weight excluding hydrogens is 402 g/mol. The van der Waals surface area contributed by atoms with Crippen molar-refractivity contribution in [1.29, 1.82) is 0 Å². The van der Waals surface area contributed by atoms with Gasteiger partial charge in [0, 0.05) is 0 Å². The van der Waals surface area contributed by atoms with Crippen LogP contribution in [-0.2, 0) is 24.2 Å². The van der Waals surface area contributed by atoms with E-state index in [2.05, 4.69) is 26.0 Å². The molecule has 2 aromatic carbocycles. The molecule has 1 nitrogen and oxygen atoms in total. The van der Waals surface area contributed by atoms with Gasteiger partial charge < -0.3 is 4.74 Å². The highest BCUT2D eigenvalue weighted by molar-refractivity contribution is 5.26. The van der Waals surface area contributed by atoms with Crippen LogP contribution in [0.15, 0.2) is 48.5 Å². The molecule has 176 valence electrons. The number of ether oxygens (including phenoxy) is 1. The third-order valence-corrected chi connectivity index (χ3v) is 6.95. The van der Waals surface area contributed by atoms with Crippen molar-refractivity contribution >= 4 is 0 Å². The Morgan fingerprint density at radius 3 is 2.03 bits per heavy atom. The summed E-state index contributed by atoms with van der Waals surface area (Å²) in [6.45, 7) is 4.38. The molecule has 0 aromatic heterocycles. The van der Waals surface area contributed by atoms with Crippen molar-refractivity contribution in [3.63, 3.8) is 0 Å². The number of halogens is 2. The maximum absolute atomic E-state index is 14.4. The van der Waals surface area contributed by atoms with E-state index in [0.717, 1.165) is 24.3 Å². The number of alkyl halides is 2. The molecule has 0 atom stereocenters. The van der Waals surface area contributed by atoms with E-state index in [1.165, 1.54) is 62.5 Å². The van der Waals surface area contributed by atoms with Gasteiger partial charge in [-0.05, 0) is 72.6 Å². The van der Waals surface area contributed by atoms with E-state index in [1.54, 1.807) is 0 Å². The Hall–Kier alpha value is -1.74. The molecule has 0 radical (unpaired) electrons. The molecule has 2 aromatic rings. The van der Waals surface area contributed by atoms with Crippen LogP contribution in [0.5, 0.6) is 0 Å². The molecule has 0 amide bonds. The Balaban J connectivity index is 1.45. The lowest BCUT2D eigenvalue weighted by atomic mass is 9.77. The topological polar surface area (TPSA) is 9.23 Å². The fourth-order valence-electron chi connectivity index (χ4n) is 4.96. The summed E-state index contributed by atoms with van der Waals surface area (Å²) in [7, 11) is 0. The molecule has 1 saturated carbocycles. The summed E-state index contributed by atoms with van der Waals surface area (Å²) >= 11 is 0. The lowest BCUT2D eigenvalue weighted by Crippen LogP contribution is -2.23. The van der Waals surface area contributed by atoms with Gasteiger partial charge in [-0.3, -0.25) is 0 Å². The van der Waals surface area contributed by atoms with Crippen molar-refractivity contribution in [3.8, 4) is 0 Å². The average Bonchev–Trinajstić information content (AvgIpc) is 2.80. The van der Waals surface area contributed by atoms with Crippen molar-refractivity contribution in [3.05, 3.63) is 70.8 Å². The maximum Gasteiger partial charge on any atom is 0.360 e. The first-order valence-electron chi connectivity index (χ1n) is 12.7. The first-order valence-corrected chi connectivity index (χ1v) is 12.7. The van der Waals surface area contributed by atoms with E-state index >= 15 is 0 Å². The number of benzene rings is 2. The van der Waals surface area contributed by atoms with Crippen LogP contribution in [0.3, 0.4) is 0 Å². The summed E-state index contributed by atoms with van der Waals surface area (Å²) < 4.78 is 33.8. The first kappa shape index (κ1) is 24.9. The Bertz CT molecular complexity index is 774. The van der Waals surface area contributed by atoms with E-state index in [9.17, 15) is 8.78 Å². The summed E-state index contributed by atoms with van der Waals surface area (Å²) in [6, 6.07) is 15.7. The van der Waals surface area contributed by atoms with E-state index in [0.29, 0.717) is 11.5 Å². The van der Waals surface area contributed by atoms with Crippen molar-refractivity contribution < 1.29 is 13.5 Å². The number of hydrogen-bond donors (Lipinski definition) is 0. The summed E-state index contributed by atoms with van der Waals surface area (Å²) in [5.74, 6) is 1.51. The van der Waals surface area contributed by atoms with Crippen molar-refractivity contribution in [1.82, 2.24) is 0 Å². The second-order valence-electron chi connectivity index (χ2n) is 9.62. The molecule has 3 rings (SSSR count). The molecule has 1 fully saturated rings. The van der Waals surface area contributed by atoms with Gasteiger partial charge in [-0.15, -0.1) is 0 Å². The summed E-state index contributed by atoms with van der Waals surface area (Å²) in [6.07, 6.45) is 8.74. The molecular formula is C29H40F2O. The SMILES string of the molecule is CCCCCc1ccc(CC(F)(F)OCc2ccc(C3CCC(CCC)CC3)cc2)cc1. The van der Waals surface area contributed by atoms with E-state index in [1.807, 2.05) is 36.4 Å². The molecule has 1 aliphatic rings. The van der Waals surface area contributed by atoms with E-state index in [-0.39, 0.29) is 13.0 Å². The molecule has 32 heavy (non-hydrogen) atoms. The van der Waals surface area contributed by atoms with Crippen LogP contribution in [0, 0.1) is 5.92 Å². The lowest BCUT2D eigenvalue weighted by molar-refractivity contribution is -0.244. The third kappa shape index (κ3) is 7.99. The minimum absolute atomic E-state index is 0.0639. The highest BCUT2D eigenvalue weighted by atomic mass is 19.3. The largest absolute Gasteiger partial charge is 0.360 e. The lowest BCUT2D eigenvalue weighted by Gasteiger charge is -2.28. The summed E-state index contributed by atoms with van der Waals surface area (Å²) in [4.78, 5) is 0. The monoisotopic (exact) mass is 442 g/mol. The van der Waals surface area contributed by atoms with Crippen LogP contribution in [-0.4, -0.2) is 6.11 Å². The summed E-state index contributed by atoms with van der Waals surface area (Å²) in [5, 5.41) is 0. The van der Waals surface area contributed by atoms with Crippen LogP contribution in [0.1, 0.15) is 99.8 Å². The fraction of sp³-hybridized carbons (Fsp3) is 0.586. The number of hydrogen-bond acceptors (Lipinski definition) is 1. The van der Waals surface area contributed by atoms with Crippen molar-refractivity contribution in [2.45, 2.75) is 103 Å². The first-order chi connectivity index (χ1) is 15.5. The normalized spacial score (nSPS) is 19.2. The minimum atomic E-state index is -3.17.